The molecule has 12 aromatic rings. The number of carbonyl (C=O) groups is 3. The van der Waals surface area contributed by atoms with Crippen LogP contribution in [0.4, 0.5) is 14.4 Å². The number of sulfonamides is 3. The summed E-state index contributed by atoms with van der Waals surface area (Å²) in [5, 5.41) is 58.7. The van der Waals surface area contributed by atoms with E-state index in [1.807, 2.05) is 6.92 Å². The normalized spacial score (nSPS) is 29.1. The van der Waals surface area contributed by atoms with Crippen LogP contribution in [0.5, 0.6) is 17.2 Å². The Morgan fingerprint density at radius 1 is 0.442 bits per heavy atom. The smallest absolute Gasteiger partial charge is 0.407 e. The number of aryl methyl sites for hydroxylation is 6. The van der Waals surface area contributed by atoms with Crippen LogP contribution >= 0.6 is 34.0 Å². The van der Waals surface area contributed by atoms with Crippen molar-refractivity contribution in [2.45, 2.75) is 229 Å². The summed E-state index contributed by atoms with van der Waals surface area (Å²) in [7, 11) is -16.6. The number of benzene rings is 6. The minimum Gasteiger partial charge on any atom is -0.487 e. The average Bonchev–Trinajstić information content (AvgIpc) is 1.18. The second kappa shape index (κ2) is 48.9. The fourth-order valence-electron chi connectivity index (χ4n) is 15.6. The van der Waals surface area contributed by atoms with Gasteiger partial charge in [-0.25, -0.2) is 54.6 Å². The number of amides is 3. The van der Waals surface area contributed by atoms with E-state index in [-0.39, 0.29) is 116 Å². The summed E-state index contributed by atoms with van der Waals surface area (Å²) in [6.45, 7) is -55.6. The monoisotopic (exact) mass is 2190 g/mol. The van der Waals surface area contributed by atoms with Gasteiger partial charge in [0.1, 0.15) is 55.2 Å². The summed E-state index contributed by atoms with van der Waals surface area (Å²) in [6, 6.07) is 18.8. The topological polar surface area (TPSA) is 488 Å². The molecule has 6 aromatic carbocycles. The van der Waals surface area contributed by atoms with Crippen molar-refractivity contribution in [3.8, 4) is 17.2 Å². The highest BCUT2D eigenvalue weighted by atomic mass is 32.2. The Balaban J connectivity index is 0.000000199. The van der Waals surface area contributed by atoms with Crippen molar-refractivity contribution < 1.29 is 190 Å². The van der Waals surface area contributed by atoms with Crippen molar-refractivity contribution in [1.29, 1.82) is 0 Å². The molecule has 147 heavy (non-hydrogen) atoms. The number of rotatable bonds is 42. The first-order valence-electron chi connectivity index (χ1n) is 67.9. The first-order chi connectivity index (χ1) is 88.7. The van der Waals surface area contributed by atoms with Crippen LogP contribution in [0.2, 0.25) is 0 Å². The molecule has 0 bridgehead atoms. The quantitative estimate of drug-likeness (QED) is 0.0194. The lowest BCUT2D eigenvalue weighted by Crippen LogP contribution is -2.51. The Bertz CT molecular complexity index is 9000. The Labute approximate surface area is 931 Å². The molecule has 45 heteroatoms. The number of alkyl carbamates (subject to hydrolysis) is 3. The molecule has 12 heterocycles. The van der Waals surface area contributed by atoms with E-state index in [0.29, 0.717) is 33.6 Å². The maximum atomic E-state index is 14.7. The molecule has 18 rings (SSSR count). The van der Waals surface area contributed by atoms with Crippen LogP contribution in [0.1, 0.15) is 191 Å². The summed E-state index contributed by atoms with van der Waals surface area (Å²) in [5.74, 6) is -15.2. The molecule has 15 atom stereocenters. The highest BCUT2D eigenvalue weighted by Crippen LogP contribution is 2.39. The Morgan fingerprint density at radius 3 is 1.08 bits per heavy atom. The van der Waals surface area contributed by atoms with Gasteiger partial charge >= 0.3 is 18.3 Å². The number of carbonyl (C=O) groups excluding carboxylic acids is 3. The van der Waals surface area contributed by atoms with E-state index >= 15 is 0 Å². The molecular weight excluding hydrogens is 2020 g/mol. The van der Waals surface area contributed by atoms with Crippen molar-refractivity contribution in [3.05, 3.63) is 209 Å². The van der Waals surface area contributed by atoms with E-state index in [4.69, 9.17) is 135 Å². The molecule has 792 valence electrons. The van der Waals surface area contributed by atoms with E-state index < -0.39 is 357 Å². The maximum Gasteiger partial charge on any atom is 0.407 e. The molecular formula is C102H126N12O27S6. The molecule has 39 nitrogen and oxygen atoms in total. The molecule has 6 aromatic heterocycles. The first-order valence-corrected chi connectivity index (χ1v) is 51.4. The van der Waals surface area contributed by atoms with Crippen molar-refractivity contribution in [3.63, 3.8) is 0 Å². The third-order valence-corrected chi connectivity index (χ3v) is 30.4. The predicted octanol–water partition coefficient (Wildman–Crippen LogP) is 13.8. The number of nitrogens with zero attached hydrogens (tertiary/aromatic N) is 9. The second-order valence-electron chi connectivity index (χ2n) is 33.3. The van der Waals surface area contributed by atoms with Crippen LogP contribution in [-0.4, -0.2) is 254 Å². The zero-order valence-electron chi connectivity index (χ0n) is 124. The van der Waals surface area contributed by atoms with Gasteiger partial charge in [0, 0.05) is 118 Å². The number of fused-ring (bicyclic) bond motifs is 6. The molecule has 6 fully saturated rings. The van der Waals surface area contributed by atoms with E-state index in [9.17, 15) is 55.0 Å². The molecule has 0 aliphatic carbocycles. The standard InChI is InChI=1S/3C34H42N4O9S2/c3*1-20(2)15-38(49(41,42)26-9-10-31-28(14-26)21(3)37-47-31)16-30(39)29(36-34(40)46-32-18-45-33-27(32)11-12-43-33)13-23-5-7-25(8-6-23)44-17-24-19-48-22(4)35-24/h3*5-10,14,19-20,27,29-30,32-33,39H,11-13,15-18H2,1-4H3,(H,36,40)/t3*27-,29-,30+,32-,33+/m000/s1/i1D3,2D3,3D3,15D2,17D2,18D2,20D,32D;1D3,2D3,3D3,17D2,18D2,20D,32D;1D3,2D3,3D3,15D2,18D2,20D,32D. The molecule has 6 N–H and O–H groups in total. The molecule has 0 spiro atoms. The van der Waals surface area contributed by atoms with E-state index in [1.165, 1.54) is 118 Å². The fraction of sp³-hybridized carbons (Fsp3) is 0.500. The lowest BCUT2D eigenvalue weighted by Gasteiger charge is -2.31. The van der Waals surface area contributed by atoms with Crippen molar-refractivity contribution >= 4 is 115 Å². The van der Waals surface area contributed by atoms with Gasteiger partial charge in [0.05, 0.1) is 175 Å². The Kier molecular flexibility index (Phi) is 21.1. The number of hydrogen-bond acceptors (Lipinski definition) is 36. The number of hydrogen-bond donors (Lipinski definition) is 6. The van der Waals surface area contributed by atoms with Gasteiger partial charge in [-0.05, 0) is 205 Å². The third-order valence-electron chi connectivity index (χ3n) is 22.9. The summed E-state index contributed by atoms with van der Waals surface area (Å²) >= 11 is 3.80. The van der Waals surface area contributed by atoms with Gasteiger partial charge in [-0.3, -0.25) is 0 Å². The molecule has 0 unspecified atom stereocenters. The number of nitrogens with one attached hydrogen (secondary N) is 3. The Morgan fingerprint density at radius 2 is 0.762 bits per heavy atom. The summed E-state index contributed by atoms with van der Waals surface area (Å²) in [4.78, 5) is 50.9. The number of thiazole rings is 3. The van der Waals surface area contributed by atoms with Gasteiger partial charge in [-0.2, -0.15) is 12.9 Å². The lowest BCUT2D eigenvalue weighted by molar-refractivity contribution is -0.0909. The number of aliphatic hydroxyl groups is 3. The van der Waals surface area contributed by atoms with Crippen LogP contribution in [0, 0.1) is 76.8 Å². The Hall–Kier alpha value is -10.8. The molecule has 0 radical (unpaired) electrons. The summed E-state index contributed by atoms with van der Waals surface area (Å²) in [6.07, 6.45) is -25.0. The van der Waals surface area contributed by atoms with Gasteiger partial charge < -0.3 is 102 Å². The van der Waals surface area contributed by atoms with E-state index in [2.05, 4.69) is 46.4 Å². The largest absolute Gasteiger partial charge is 0.487 e. The molecule has 0 saturated carbocycles. The average molecular weight is 2190 g/mol. The van der Waals surface area contributed by atoms with Crippen LogP contribution in [0.25, 0.3) is 32.9 Å². The van der Waals surface area contributed by atoms with Crippen LogP contribution < -0.4 is 30.2 Å². The lowest BCUT2D eigenvalue weighted by atomic mass is 10.0. The van der Waals surface area contributed by atoms with Crippen LogP contribution in [-0.2, 0) is 112 Å². The second-order valence-corrected chi connectivity index (χ2v) is 42.1. The van der Waals surface area contributed by atoms with Gasteiger partial charge in [-0.1, -0.05) is 93.0 Å². The number of aromatic nitrogens is 6. The molecule has 6 aliphatic rings. The van der Waals surface area contributed by atoms with Gasteiger partial charge in [-0.15, -0.1) is 34.0 Å². The minimum absolute atomic E-state index is 0.0110. The van der Waals surface area contributed by atoms with Crippen LogP contribution in [0.3, 0.4) is 0 Å². The molecule has 6 saturated heterocycles. The number of ether oxygens (including phenoxy) is 12. The SMILES string of the molecule is [2H]C([2H])([2H])c1noc2ccc(S(=O)(=O)N(C[C@@H](O)[C@H](Cc3ccc(OC([2H])([2H])c4csc(C)n4)cc3)NC(=O)O[C@]3([2H])[C@@H]4CCO[C@@H]4OC3([2H])[2H])C([2H])([2H])C([2H])(C([2H])([2H])[2H])C([2H])([2H])[2H])cc12.[2H]C([2H])([2H])c1noc2ccc(S(=O)(=O)N(C[C@@H](O)[C@H](Cc3ccc(OC([2H])([2H])c4csc(C)n4)cc3)NC(=O)O[C@]3([2H])[C@@H]4CCO[C@@H]4OC3([2H])[2H])CC([2H])(C([2H])([2H])[2H])C([2H])([2H])[2H])cc12.[2H]C([2H])([2H])c1noc2ccc(S(=O)(=O)N(C[C@@H](O)[C@H](Cc3ccc(OCc4csc(C)n4)cc3)NC(=O)O[C@]3([2H])[C@@H]4CCO[C@@H]4OC3([2H])[2H])C([2H])([2H])C([2H])(C([2H])([2H])[2H])C([2H])([2H])[2H])cc12. The van der Waals surface area contributed by atoms with Crippen LogP contribution in [0.15, 0.2) is 172 Å². The summed E-state index contributed by atoms with van der Waals surface area (Å²) in [5.41, 5.74) is -1.40. The maximum absolute atomic E-state index is 14.7. The minimum atomic E-state index is -5.71. The van der Waals surface area contributed by atoms with Gasteiger partial charge in [0.15, 0.2) is 35.6 Å². The molecule has 6 aliphatic heterocycles. The fourth-order valence-corrected chi connectivity index (χ4v) is 21.3. The zero-order valence-corrected chi connectivity index (χ0v) is 82.2. The highest BCUT2D eigenvalue weighted by molar-refractivity contribution is 7.89. The highest BCUT2D eigenvalue weighted by Gasteiger charge is 2.48. The van der Waals surface area contributed by atoms with E-state index in [1.54, 1.807) is 19.2 Å². The van der Waals surface area contributed by atoms with E-state index in [0.717, 1.165) is 47.5 Å². The summed E-state index contributed by atoms with van der Waals surface area (Å²) < 4.78 is 553. The van der Waals surface area contributed by atoms with Crippen molar-refractivity contribution in [1.82, 2.24) is 59.3 Å². The zero-order chi connectivity index (χ0) is 145. The third kappa shape index (κ3) is 28.1. The molecule has 3 amide bonds. The van der Waals surface area contributed by atoms with Crippen molar-refractivity contribution in [2.24, 2.45) is 35.4 Å². The van der Waals surface area contributed by atoms with Gasteiger partial charge in [0.25, 0.3) is 0 Å². The predicted molar refractivity (Wildman–Crippen MR) is 542 cm³/mol. The van der Waals surface area contributed by atoms with Gasteiger partial charge in [0.2, 0.25) is 30.1 Å². The number of aliphatic hydroxyl groups excluding tert-OH is 3. The van der Waals surface area contributed by atoms with Crippen molar-refractivity contribution in [2.75, 3.05) is 78.7 Å². The first kappa shape index (κ1) is 63.4.